The van der Waals surface area contributed by atoms with E-state index in [1.165, 1.54) is 49.6 Å². The van der Waals surface area contributed by atoms with Crippen molar-refractivity contribution in [3.8, 4) is 11.4 Å². The van der Waals surface area contributed by atoms with Crippen LogP contribution in [0.4, 0.5) is 0 Å². The molecule has 1 spiro atoms. The Kier molecular flexibility index (Phi) is 3.21. The van der Waals surface area contributed by atoms with Gasteiger partial charge in [0.05, 0.1) is 22.2 Å². The van der Waals surface area contributed by atoms with Gasteiger partial charge in [0.1, 0.15) is 0 Å². The van der Waals surface area contributed by atoms with Gasteiger partial charge in [-0.3, -0.25) is 9.36 Å². The first-order valence-electron chi connectivity index (χ1n) is 13.5. The first-order valence-corrected chi connectivity index (χ1v) is 13.5. The van der Waals surface area contributed by atoms with Crippen LogP contribution in [0.2, 0.25) is 0 Å². The molecular weight excluding hydrogens is 464 g/mol. The van der Waals surface area contributed by atoms with Crippen LogP contribution in [0.3, 0.4) is 0 Å². The van der Waals surface area contributed by atoms with Gasteiger partial charge in [-0.1, -0.05) is 72.8 Å². The van der Waals surface area contributed by atoms with Crippen molar-refractivity contribution < 1.29 is 0 Å². The predicted octanol–water partition coefficient (Wildman–Crippen LogP) is 7.54. The summed E-state index contributed by atoms with van der Waals surface area (Å²) in [5, 5.41) is 5.53. The van der Waals surface area contributed by atoms with Crippen LogP contribution in [-0.4, -0.2) is 9.13 Å². The summed E-state index contributed by atoms with van der Waals surface area (Å²) in [4.78, 5) is 14.4. The van der Waals surface area contributed by atoms with Gasteiger partial charge in [-0.15, -0.1) is 0 Å². The average molecular weight is 487 g/mol. The molecule has 178 valence electrons. The lowest BCUT2D eigenvalue weighted by Crippen LogP contribution is -2.25. The molecule has 3 heteroatoms. The van der Waals surface area contributed by atoms with Crippen molar-refractivity contribution in [2.75, 3.05) is 0 Å². The van der Waals surface area contributed by atoms with Crippen molar-refractivity contribution >= 4 is 43.5 Å². The van der Waals surface area contributed by atoms with E-state index in [-0.39, 0.29) is 11.0 Å². The molecule has 4 bridgehead atoms. The number of fused-ring (bicyclic) bond motifs is 7. The summed E-state index contributed by atoms with van der Waals surface area (Å²) in [6.45, 7) is 0. The first-order chi connectivity index (χ1) is 18.8. The van der Waals surface area contributed by atoms with Crippen LogP contribution in [0.15, 0.2) is 108 Å². The summed E-state index contributed by atoms with van der Waals surface area (Å²) in [6, 6.07) is 37.0. The monoisotopic (exact) mass is 486 g/mol. The number of rotatable bonds is 0. The Hall–Kier alpha value is -4.63. The van der Waals surface area contributed by atoms with E-state index in [1.807, 2.05) is 12.1 Å². The van der Waals surface area contributed by atoms with Crippen LogP contribution in [0.1, 0.15) is 29.0 Å². The Morgan fingerprint density at radius 1 is 0.632 bits per heavy atom. The van der Waals surface area contributed by atoms with Crippen molar-refractivity contribution in [2.24, 2.45) is 0 Å². The minimum atomic E-state index is 0.0287. The smallest absolute Gasteiger partial charge is 0.263 e. The molecule has 0 N–H and O–H groups in total. The summed E-state index contributed by atoms with van der Waals surface area (Å²) in [7, 11) is 0. The molecule has 0 saturated heterocycles. The van der Waals surface area contributed by atoms with Crippen LogP contribution in [0.5, 0.6) is 0 Å². The molecular formula is C35H22N2O. The van der Waals surface area contributed by atoms with Crippen molar-refractivity contribution in [3.63, 3.8) is 0 Å². The van der Waals surface area contributed by atoms with Crippen molar-refractivity contribution in [1.29, 1.82) is 0 Å². The molecule has 4 heterocycles. The van der Waals surface area contributed by atoms with Gasteiger partial charge in [0, 0.05) is 38.2 Å². The summed E-state index contributed by atoms with van der Waals surface area (Å²) in [5.41, 5.74) is 10.0. The van der Waals surface area contributed by atoms with E-state index < -0.39 is 0 Å². The van der Waals surface area contributed by atoms with E-state index in [4.69, 9.17) is 0 Å². The molecule has 38 heavy (non-hydrogen) atoms. The van der Waals surface area contributed by atoms with E-state index in [0.717, 1.165) is 34.8 Å². The molecule has 2 aliphatic heterocycles. The lowest BCUT2D eigenvalue weighted by molar-refractivity contribution is 0.661. The molecule has 7 aromatic rings. The fourth-order valence-corrected chi connectivity index (χ4v) is 8.12. The normalized spacial score (nSPS) is 20.4. The van der Waals surface area contributed by atoms with Gasteiger partial charge >= 0.3 is 0 Å². The predicted molar refractivity (Wildman–Crippen MR) is 154 cm³/mol. The van der Waals surface area contributed by atoms with E-state index in [0.29, 0.717) is 5.92 Å². The van der Waals surface area contributed by atoms with E-state index in [1.54, 1.807) is 0 Å². The molecule has 3 aliphatic rings. The minimum absolute atomic E-state index is 0.0287. The van der Waals surface area contributed by atoms with Gasteiger partial charge in [0.15, 0.2) is 0 Å². The zero-order chi connectivity index (χ0) is 24.7. The average Bonchev–Trinajstić information content (AvgIpc) is 3.61. The maximum atomic E-state index is 14.4. The van der Waals surface area contributed by atoms with Crippen molar-refractivity contribution in [3.05, 3.63) is 130 Å². The van der Waals surface area contributed by atoms with Crippen molar-refractivity contribution in [1.82, 2.24) is 9.13 Å². The fourth-order valence-electron chi connectivity index (χ4n) is 8.12. The SMILES string of the molecule is O=c1c2ccccc2c2cc3c4ccccc4n4c3c3c2n1-c1ccccc1C1CC1(C3)c1ccccc1-4. The standard InChI is InChI=1S/C35H22N2O/c38-34-22-11-2-1-9-20(22)24-17-25-21-10-3-6-14-29(21)36-31-16-8-5-13-27(31)35-18-26(32(25)36)33(24)37(34)30-15-7-4-12-23(30)28(35)19-35/h1-17,28H,18-19H2. The first kappa shape index (κ1) is 19.5. The zero-order valence-corrected chi connectivity index (χ0v) is 20.6. The molecule has 1 aliphatic carbocycles. The van der Waals surface area contributed by atoms with Gasteiger partial charge in [-0.05, 0) is 65.6 Å². The third-order valence-corrected chi connectivity index (χ3v) is 9.71. The van der Waals surface area contributed by atoms with Crippen LogP contribution < -0.4 is 5.56 Å². The summed E-state index contributed by atoms with van der Waals surface area (Å²) >= 11 is 0. The van der Waals surface area contributed by atoms with E-state index in [2.05, 4.69) is 100 Å². The highest BCUT2D eigenvalue weighted by atomic mass is 16.1. The lowest BCUT2D eigenvalue weighted by atomic mass is 9.82. The zero-order valence-electron chi connectivity index (χ0n) is 20.6. The van der Waals surface area contributed by atoms with Crippen molar-refractivity contribution in [2.45, 2.75) is 24.2 Å². The molecule has 1 saturated carbocycles. The fraction of sp³-hybridized carbons (Fsp3) is 0.114. The Labute approximate surface area is 218 Å². The molecule has 10 rings (SSSR count). The summed E-state index contributed by atoms with van der Waals surface area (Å²) in [5.74, 6) is 0.382. The molecule has 1 fully saturated rings. The van der Waals surface area contributed by atoms with Crippen LogP contribution >= 0.6 is 0 Å². The number of para-hydroxylation sites is 3. The number of nitrogens with zero attached hydrogens (tertiary/aromatic N) is 2. The lowest BCUT2D eigenvalue weighted by Gasteiger charge is -2.26. The van der Waals surface area contributed by atoms with E-state index >= 15 is 0 Å². The molecule has 3 nitrogen and oxygen atoms in total. The van der Waals surface area contributed by atoms with Gasteiger partial charge in [0.25, 0.3) is 5.56 Å². The molecule has 2 aromatic heterocycles. The highest BCUT2D eigenvalue weighted by molar-refractivity contribution is 6.20. The summed E-state index contributed by atoms with van der Waals surface area (Å²) < 4.78 is 4.56. The molecule has 5 aromatic carbocycles. The summed E-state index contributed by atoms with van der Waals surface area (Å²) in [6.07, 6.45) is 2.04. The number of hydrogen-bond acceptors (Lipinski definition) is 1. The van der Waals surface area contributed by atoms with Crippen LogP contribution in [0.25, 0.3) is 54.9 Å². The van der Waals surface area contributed by atoms with Gasteiger partial charge in [-0.25, -0.2) is 0 Å². The third-order valence-electron chi connectivity index (χ3n) is 9.71. The Balaban J connectivity index is 1.59. The van der Waals surface area contributed by atoms with Gasteiger partial charge in [-0.2, -0.15) is 0 Å². The second-order valence-electron chi connectivity index (χ2n) is 11.4. The highest BCUT2D eigenvalue weighted by Gasteiger charge is 2.59. The quantitative estimate of drug-likeness (QED) is 0.204. The third kappa shape index (κ3) is 2.03. The Morgan fingerprint density at radius 3 is 2.18 bits per heavy atom. The van der Waals surface area contributed by atoms with Crippen LogP contribution in [-0.2, 0) is 11.8 Å². The number of aromatic nitrogens is 2. The Morgan fingerprint density at radius 2 is 1.29 bits per heavy atom. The molecule has 0 radical (unpaired) electrons. The second-order valence-corrected chi connectivity index (χ2v) is 11.4. The maximum Gasteiger partial charge on any atom is 0.263 e. The largest absolute Gasteiger partial charge is 0.309 e. The number of benzene rings is 5. The maximum absolute atomic E-state index is 14.4. The molecule has 2 unspecified atom stereocenters. The Bertz CT molecular complexity index is 2280. The van der Waals surface area contributed by atoms with Gasteiger partial charge in [0.2, 0.25) is 0 Å². The second kappa shape index (κ2) is 6.25. The molecule has 0 amide bonds. The van der Waals surface area contributed by atoms with Crippen LogP contribution in [0, 0.1) is 0 Å². The van der Waals surface area contributed by atoms with Gasteiger partial charge < -0.3 is 4.57 Å². The molecule has 2 atom stereocenters. The topological polar surface area (TPSA) is 26.9 Å². The minimum Gasteiger partial charge on any atom is -0.309 e. The highest BCUT2D eigenvalue weighted by Crippen LogP contribution is 2.66. The van der Waals surface area contributed by atoms with E-state index in [9.17, 15) is 4.79 Å². The number of hydrogen-bond donors (Lipinski definition) is 0. The number of pyridine rings is 1.